The molecule has 2 aromatic rings. The molecule has 0 atom stereocenters. The third-order valence-electron chi connectivity index (χ3n) is 3.81. The van der Waals surface area contributed by atoms with Crippen molar-refractivity contribution in [2.45, 2.75) is 47.0 Å². The average Bonchev–Trinajstić information content (AvgIpc) is 2.97. The van der Waals surface area contributed by atoms with Crippen molar-refractivity contribution in [2.75, 3.05) is 13.6 Å². The fourth-order valence-corrected chi connectivity index (χ4v) is 2.85. The molecule has 0 bridgehead atoms. The molecule has 4 nitrogen and oxygen atoms in total. The standard InChI is InChI=1S/C19H27N3OS/c1-8-22(7)12-21-15-9-14(3)16(10-13(15)2)23-18-20-11-17(24-18)19(4,5)6/h9-12H,8H2,1-7H3. The van der Waals surface area contributed by atoms with E-state index in [0.29, 0.717) is 5.19 Å². The van der Waals surface area contributed by atoms with Gasteiger partial charge >= 0.3 is 0 Å². The maximum Gasteiger partial charge on any atom is 0.278 e. The number of rotatable bonds is 5. The Morgan fingerprint density at radius 1 is 1.25 bits per heavy atom. The number of aliphatic imine (C=N–C) groups is 1. The Morgan fingerprint density at radius 2 is 1.96 bits per heavy atom. The van der Waals surface area contributed by atoms with Crippen LogP contribution in [0, 0.1) is 13.8 Å². The molecule has 130 valence electrons. The highest BCUT2D eigenvalue weighted by Crippen LogP contribution is 2.36. The molecule has 1 heterocycles. The van der Waals surface area contributed by atoms with Crippen molar-refractivity contribution in [3.8, 4) is 10.9 Å². The number of aromatic nitrogens is 1. The van der Waals surface area contributed by atoms with Crippen LogP contribution in [0.4, 0.5) is 5.69 Å². The van der Waals surface area contributed by atoms with Gasteiger partial charge in [-0.05, 0) is 49.4 Å². The maximum absolute atomic E-state index is 6.01. The van der Waals surface area contributed by atoms with Gasteiger partial charge in [-0.1, -0.05) is 32.1 Å². The summed E-state index contributed by atoms with van der Waals surface area (Å²) in [6.07, 6.45) is 3.76. The molecule has 0 saturated carbocycles. The van der Waals surface area contributed by atoms with Crippen LogP contribution in [0.1, 0.15) is 43.7 Å². The molecule has 1 aromatic heterocycles. The van der Waals surface area contributed by atoms with Crippen molar-refractivity contribution in [3.63, 3.8) is 0 Å². The molecule has 0 unspecified atom stereocenters. The van der Waals surface area contributed by atoms with Gasteiger partial charge in [0.25, 0.3) is 5.19 Å². The van der Waals surface area contributed by atoms with E-state index in [1.165, 1.54) is 4.88 Å². The molecule has 0 saturated heterocycles. The Balaban J connectivity index is 2.22. The van der Waals surface area contributed by atoms with E-state index in [4.69, 9.17) is 4.74 Å². The number of aryl methyl sites for hydroxylation is 2. The number of hydrogen-bond acceptors (Lipinski definition) is 4. The molecular weight excluding hydrogens is 318 g/mol. The van der Waals surface area contributed by atoms with Gasteiger partial charge in [0, 0.05) is 24.7 Å². The van der Waals surface area contributed by atoms with E-state index in [1.807, 2.05) is 44.4 Å². The van der Waals surface area contributed by atoms with E-state index in [-0.39, 0.29) is 5.41 Å². The minimum absolute atomic E-state index is 0.0914. The van der Waals surface area contributed by atoms with Crippen LogP contribution in [0.5, 0.6) is 10.9 Å². The zero-order valence-corrected chi connectivity index (χ0v) is 16.5. The van der Waals surface area contributed by atoms with Crippen LogP contribution >= 0.6 is 11.3 Å². The van der Waals surface area contributed by atoms with E-state index in [0.717, 1.165) is 29.1 Å². The summed E-state index contributed by atoms with van der Waals surface area (Å²) in [5, 5.41) is 0.685. The summed E-state index contributed by atoms with van der Waals surface area (Å²) in [5.74, 6) is 0.838. The fraction of sp³-hybridized carbons (Fsp3) is 0.474. The third-order valence-corrected chi connectivity index (χ3v) is 5.11. The first-order valence-electron chi connectivity index (χ1n) is 8.20. The highest BCUT2D eigenvalue weighted by atomic mass is 32.1. The minimum atomic E-state index is 0.0914. The van der Waals surface area contributed by atoms with Crippen LogP contribution in [-0.4, -0.2) is 29.8 Å². The predicted molar refractivity (Wildman–Crippen MR) is 103 cm³/mol. The summed E-state index contributed by atoms with van der Waals surface area (Å²) in [7, 11) is 2.01. The van der Waals surface area contributed by atoms with Gasteiger partial charge in [-0.25, -0.2) is 9.98 Å². The van der Waals surface area contributed by atoms with Gasteiger partial charge in [0.2, 0.25) is 0 Å². The molecule has 0 N–H and O–H groups in total. The second-order valence-electron chi connectivity index (χ2n) is 7.06. The lowest BCUT2D eigenvalue weighted by Crippen LogP contribution is -2.14. The number of benzene rings is 1. The fourth-order valence-electron chi connectivity index (χ4n) is 2.01. The highest BCUT2D eigenvalue weighted by molar-refractivity contribution is 7.13. The highest BCUT2D eigenvalue weighted by Gasteiger charge is 2.18. The van der Waals surface area contributed by atoms with Crippen molar-refractivity contribution in [2.24, 2.45) is 4.99 Å². The van der Waals surface area contributed by atoms with Crippen molar-refractivity contribution in [1.82, 2.24) is 9.88 Å². The van der Waals surface area contributed by atoms with Gasteiger partial charge in [-0.3, -0.25) is 0 Å². The molecule has 0 aliphatic rings. The first kappa shape index (κ1) is 18.5. The monoisotopic (exact) mass is 345 g/mol. The smallest absolute Gasteiger partial charge is 0.278 e. The Labute approximate surface area is 149 Å². The number of thiazole rings is 1. The largest absolute Gasteiger partial charge is 0.431 e. The molecule has 0 spiro atoms. The Morgan fingerprint density at radius 3 is 2.54 bits per heavy atom. The lowest BCUT2D eigenvalue weighted by Gasteiger charge is -2.14. The van der Waals surface area contributed by atoms with Crippen molar-refractivity contribution in [1.29, 1.82) is 0 Å². The van der Waals surface area contributed by atoms with Gasteiger partial charge in [-0.2, -0.15) is 0 Å². The summed E-state index contributed by atoms with van der Waals surface area (Å²) in [5.41, 5.74) is 3.20. The number of ether oxygens (including phenoxy) is 1. The van der Waals surface area contributed by atoms with Gasteiger partial charge in [0.05, 0.1) is 12.0 Å². The first-order valence-corrected chi connectivity index (χ1v) is 9.02. The summed E-state index contributed by atoms with van der Waals surface area (Å²) < 4.78 is 6.01. The molecule has 0 aliphatic carbocycles. The zero-order chi connectivity index (χ0) is 17.9. The number of hydrogen-bond donors (Lipinski definition) is 0. The quantitative estimate of drug-likeness (QED) is 0.533. The van der Waals surface area contributed by atoms with E-state index >= 15 is 0 Å². The van der Waals surface area contributed by atoms with Gasteiger partial charge < -0.3 is 9.64 Å². The zero-order valence-electron chi connectivity index (χ0n) is 15.7. The summed E-state index contributed by atoms with van der Waals surface area (Å²) in [6, 6.07) is 4.09. The third kappa shape index (κ3) is 4.57. The molecule has 5 heteroatoms. The SMILES string of the molecule is CCN(C)C=Nc1cc(C)c(Oc2ncc(C(C)(C)C)s2)cc1C. The van der Waals surface area contributed by atoms with Crippen LogP contribution in [0.3, 0.4) is 0 Å². The Kier molecular flexibility index (Phi) is 5.65. The minimum Gasteiger partial charge on any atom is -0.431 e. The lowest BCUT2D eigenvalue weighted by molar-refractivity contribution is 0.475. The molecule has 0 aliphatic heterocycles. The molecule has 0 radical (unpaired) electrons. The topological polar surface area (TPSA) is 37.7 Å². The van der Waals surface area contributed by atoms with Crippen LogP contribution in [-0.2, 0) is 5.41 Å². The van der Waals surface area contributed by atoms with E-state index in [1.54, 1.807) is 11.3 Å². The predicted octanol–water partition coefficient (Wildman–Crippen LogP) is 5.46. The van der Waals surface area contributed by atoms with E-state index in [9.17, 15) is 0 Å². The van der Waals surface area contributed by atoms with Crippen molar-refractivity contribution >= 4 is 23.4 Å². The summed E-state index contributed by atoms with van der Waals surface area (Å²) >= 11 is 1.60. The first-order chi connectivity index (χ1) is 11.2. The molecule has 0 fully saturated rings. The van der Waals surface area contributed by atoms with Gasteiger partial charge in [0.1, 0.15) is 5.75 Å². The van der Waals surface area contributed by atoms with Crippen molar-refractivity contribution in [3.05, 3.63) is 34.3 Å². The molecule has 0 amide bonds. The average molecular weight is 346 g/mol. The molecule has 2 rings (SSSR count). The van der Waals surface area contributed by atoms with Gasteiger partial charge in [0.15, 0.2) is 0 Å². The molecule has 24 heavy (non-hydrogen) atoms. The molecular formula is C19H27N3OS. The van der Waals surface area contributed by atoms with Crippen LogP contribution in [0.25, 0.3) is 0 Å². The lowest BCUT2D eigenvalue weighted by atomic mass is 9.96. The summed E-state index contributed by atoms with van der Waals surface area (Å²) in [4.78, 5) is 12.2. The van der Waals surface area contributed by atoms with E-state index < -0.39 is 0 Å². The van der Waals surface area contributed by atoms with Crippen LogP contribution < -0.4 is 4.74 Å². The van der Waals surface area contributed by atoms with Crippen molar-refractivity contribution < 1.29 is 4.74 Å². The summed E-state index contributed by atoms with van der Waals surface area (Å²) in [6.45, 7) is 13.7. The molecule has 1 aromatic carbocycles. The maximum atomic E-state index is 6.01. The second-order valence-corrected chi connectivity index (χ2v) is 8.06. The van der Waals surface area contributed by atoms with Gasteiger partial charge in [-0.15, -0.1) is 0 Å². The normalized spacial score (nSPS) is 12.0. The number of nitrogens with zero attached hydrogens (tertiary/aromatic N) is 3. The van der Waals surface area contributed by atoms with E-state index in [2.05, 4.69) is 43.7 Å². The Hall–Kier alpha value is -1.88. The van der Waals surface area contributed by atoms with Crippen LogP contribution in [0.15, 0.2) is 23.3 Å². The Bertz CT molecular complexity index is 729. The second kappa shape index (κ2) is 7.34. The van der Waals surface area contributed by atoms with Crippen LogP contribution in [0.2, 0.25) is 0 Å².